The molecule has 0 aliphatic rings. The summed E-state index contributed by atoms with van der Waals surface area (Å²) in [6.45, 7) is 4.18. The molecule has 1 atom stereocenters. The van der Waals surface area contributed by atoms with Gasteiger partial charge in [0.2, 0.25) is 10.0 Å². The molecule has 0 bridgehead atoms. The van der Waals surface area contributed by atoms with Crippen LogP contribution in [0.4, 0.5) is 11.4 Å². The van der Waals surface area contributed by atoms with Crippen LogP contribution in [0.5, 0.6) is 0 Å². The standard InChI is InChI=1S/C13H22N4O4S.ClH/c1-5-13(16(3)4)15-22(20,21)12-9-10(17(18)19)7-8-11(12)14-6-2;/h7-9,13-15H,5-6H2,1-4H3;1H. The molecule has 0 amide bonds. The molecular formula is C13H23ClN4O4S. The van der Waals surface area contributed by atoms with Crippen LogP contribution < -0.4 is 10.0 Å². The summed E-state index contributed by atoms with van der Waals surface area (Å²) in [5.74, 6) is 0. The van der Waals surface area contributed by atoms with Crippen LogP contribution in [0.1, 0.15) is 20.3 Å². The molecule has 2 N–H and O–H groups in total. The van der Waals surface area contributed by atoms with E-state index in [1.165, 1.54) is 12.1 Å². The van der Waals surface area contributed by atoms with E-state index >= 15 is 0 Å². The Hall–Kier alpha value is -1.42. The number of nitro groups is 1. The van der Waals surface area contributed by atoms with Crippen molar-refractivity contribution in [3.05, 3.63) is 28.3 Å². The lowest BCUT2D eigenvalue weighted by Crippen LogP contribution is -2.44. The number of rotatable bonds is 8. The zero-order valence-electron chi connectivity index (χ0n) is 13.6. The van der Waals surface area contributed by atoms with Gasteiger partial charge in [-0.3, -0.25) is 15.0 Å². The molecule has 1 rings (SSSR count). The third kappa shape index (κ3) is 5.61. The quantitative estimate of drug-likeness (QED) is 0.414. The topological polar surface area (TPSA) is 105 Å². The minimum absolute atomic E-state index is 0. The molecule has 23 heavy (non-hydrogen) atoms. The zero-order valence-corrected chi connectivity index (χ0v) is 15.2. The van der Waals surface area contributed by atoms with Gasteiger partial charge in [0.25, 0.3) is 5.69 Å². The number of non-ortho nitro benzene ring substituents is 1. The molecule has 0 saturated heterocycles. The number of benzene rings is 1. The van der Waals surface area contributed by atoms with Crippen molar-refractivity contribution in [2.75, 3.05) is 26.0 Å². The van der Waals surface area contributed by atoms with Crippen LogP contribution in [0.2, 0.25) is 0 Å². The van der Waals surface area contributed by atoms with Gasteiger partial charge in [-0.1, -0.05) is 6.92 Å². The fourth-order valence-electron chi connectivity index (χ4n) is 1.98. The first-order valence-electron chi connectivity index (χ1n) is 6.94. The summed E-state index contributed by atoms with van der Waals surface area (Å²) in [5, 5.41) is 13.8. The van der Waals surface area contributed by atoms with Crippen molar-refractivity contribution in [2.24, 2.45) is 0 Å². The monoisotopic (exact) mass is 366 g/mol. The highest BCUT2D eigenvalue weighted by Gasteiger charge is 2.25. The predicted octanol–water partition coefficient (Wildman–Crippen LogP) is 2.02. The molecule has 0 heterocycles. The first kappa shape index (κ1) is 21.6. The third-order valence-electron chi connectivity index (χ3n) is 3.13. The fourth-order valence-corrected chi connectivity index (χ4v) is 3.55. The summed E-state index contributed by atoms with van der Waals surface area (Å²) in [6.07, 6.45) is 0.177. The van der Waals surface area contributed by atoms with Crippen molar-refractivity contribution in [3.63, 3.8) is 0 Å². The van der Waals surface area contributed by atoms with Crippen molar-refractivity contribution >= 4 is 33.8 Å². The molecule has 10 heteroatoms. The van der Waals surface area contributed by atoms with Crippen LogP contribution >= 0.6 is 12.4 Å². The maximum Gasteiger partial charge on any atom is 0.270 e. The molecule has 1 unspecified atom stereocenters. The summed E-state index contributed by atoms with van der Waals surface area (Å²) in [7, 11) is -0.366. The number of nitro benzene ring substituents is 1. The lowest BCUT2D eigenvalue weighted by molar-refractivity contribution is -0.385. The van der Waals surface area contributed by atoms with E-state index in [4.69, 9.17) is 0 Å². The van der Waals surface area contributed by atoms with Crippen molar-refractivity contribution in [3.8, 4) is 0 Å². The summed E-state index contributed by atoms with van der Waals surface area (Å²) >= 11 is 0. The third-order valence-corrected chi connectivity index (χ3v) is 4.63. The molecule has 0 fully saturated rings. The fraction of sp³-hybridized carbons (Fsp3) is 0.538. The highest BCUT2D eigenvalue weighted by Crippen LogP contribution is 2.26. The zero-order chi connectivity index (χ0) is 16.9. The van der Waals surface area contributed by atoms with E-state index in [-0.39, 0.29) is 23.0 Å². The average molecular weight is 367 g/mol. The molecule has 0 aliphatic heterocycles. The molecule has 8 nitrogen and oxygen atoms in total. The Labute approximate surface area is 142 Å². The van der Waals surface area contributed by atoms with E-state index < -0.39 is 21.1 Å². The van der Waals surface area contributed by atoms with Crippen LogP contribution in [-0.4, -0.2) is 45.0 Å². The van der Waals surface area contributed by atoms with E-state index in [1.54, 1.807) is 19.0 Å². The second-order valence-corrected chi connectivity index (χ2v) is 6.66. The summed E-state index contributed by atoms with van der Waals surface area (Å²) in [4.78, 5) is 11.9. The molecular weight excluding hydrogens is 344 g/mol. The van der Waals surface area contributed by atoms with Gasteiger partial charge in [-0.05, 0) is 33.5 Å². The van der Waals surface area contributed by atoms with Crippen molar-refractivity contribution in [1.29, 1.82) is 0 Å². The number of hydrogen-bond donors (Lipinski definition) is 2. The molecule has 0 aromatic heterocycles. The number of anilines is 1. The Balaban J connectivity index is 0.00000484. The van der Waals surface area contributed by atoms with Gasteiger partial charge in [0.05, 0.1) is 16.8 Å². The molecule has 132 valence electrons. The Morgan fingerprint density at radius 1 is 1.30 bits per heavy atom. The van der Waals surface area contributed by atoms with E-state index in [2.05, 4.69) is 10.0 Å². The number of halogens is 1. The lowest BCUT2D eigenvalue weighted by Gasteiger charge is -2.24. The van der Waals surface area contributed by atoms with E-state index in [9.17, 15) is 18.5 Å². The van der Waals surface area contributed by atoms with Crippen LogP contribution in [0.15, 0.2) is 23.1 Å². The molecule has 1 aromatic rings. The van der Waals surface area contributed by atoms with Crippen molar-refractivity contribution in [2.45, 2.75) is 31.3 Å². The maximum absolute atomic E-state index is 12.6. The summed E-state index contributed by atoms with van der Waals surface area (Å²) in [5.41, 5.74) is 0.0779. The summed E-state index contributed by atoms with van der Waals surface area (Å²) in [6, 6.07) is 3.76. The molecule has 0 aliphatic carbocycles. The SMILES string of the molecule is CCNc1ccc([N+](=O)[O-])cc1S(=O)(=O)NC(CC)N(C)C.Cl. The highest BCUT2D eigenvalue weighted by molar-refractivity contribution is 7.89. The minimum Gasteiger partial charge on any atom is -0.384 e. The predicted molar refractivity (Wildman–Crippen MR) is 92.6 cm³/mol. The van der Waals surface area contributed by atoms with Crippen molar-refractivity contribution in [1.82, 2.24) is 9.62 Å². The number of hydrogen-bond acceptors (Lipinski definition) is 6. The Morgan fingerprint density at radius 2 is 1.91 bits per heavy atom. The first-order chi connectivity index (χ1) is 10.2. The van der Waals surface area contributed by atoms with Crippen LogP contribution in [0.25, 0.3) is 0 Å². The average Bonchev–Trinajstić information content (AvgIpc) is 2.44. The molecule has 1 aromatic carbocycles. The van der Waals surface area contributed by atoms with Gasteiger partial charge < -0.3 is 5.32 Å². The Bertz CT molecular complexity index is 637. The van der Waals surface area contributed by atoms with Crippen molar-refractivity contribution < 1.29 is 13.3 Å². The number of nitrogens with zero attached hydrogens (tertiary/aromatic N) is 2. The second-order valence-electron chi connectivity index (χ2n) is 4.98. The highest BCUT2D eigenvalue weighted by atomic mass is 35.5. The van der Waals surface area contributed by atoms with Crippen LogP contribution in [0, 0.1) is 10.1 Å². The Kier molecular flexibility index (Phi) is 8.46. The largest absolute Gasteiger partial charge is 0.384 e. The maximum atomic E-state index is 12.6. The van der Waals surface area contributed by atoms with Gasteiger partial charge in [-0.2, -0.15) is 4.72 Å². The van der Waals surface area contributed by atoms with Gasteiger partial charge >= 0.3 is 0 Å². The first-order valence-corrected chi connectivity index (χ1v) is 8.42. The van der Waals surface area contributed by atoms with Gasteiger partial charge in [-0.15, -0.1) is 12.4 Å². The molecule has 0 spiro atoms. The van der Waals surface area contributed by atoms with E-state index in [0.29, 0.717) is 18.7 Å². The number of nitrogens with one attached hydrogen (secondary N) is 2. The second kappa shape index (κ2) is 9.02. The smallest absolute Gasteiger partial charge is 0.270 e. The van der Waals surface area contributed by atoms with Crippen LogP contribution in [-0.2, 0) is 10.0 Å². The molecule has 0 radical (unpaired) electrons. The Morgan fingerprint density at radius 3 is 2.35 bits per heavy atom. The van der Waals surface area contributed by atoms with Gasteiger partial charge in [0.15, 0.2) is 0 Å². The van der Waals surface area contributed by atoms with Crippen LogP contribution in [0.3, 0.4) is 0 Å². The summed E-state index contributed by atoms with van der Waals surface area (Å²) < 4.78 is 27.7. The number of sulfonamides is 1. The van der Waals surface area contributed by atoms with Gasteiger partial charge in [-0.25, -0.2) is 8.42 Å². The van der Waals surface area contributed by atoms with E-state index in [0.717, 1.165) is 6.07 Å². The normalized spacial score (nSPS) is 12.6. The van der Waals surface area contributed by atoms with Gasteiger partial charge in [0, 0.05) is 18.7 Å². The van der Waals surface area contributed by atoms with E-state index in [1.807, 2.05) is 13.8 Å². The van der Waals surface area contributed by atoms with Gasteiger partial charge in [0.1, 0.15) is 4.90 Å². The molecule has 0 saturated carbocycles. The minimum atomic E-state index is -3.88. The lowest BCUT2D eigenvalue weighted by atomic mass is 10.3.